The van der Waals surface area contributed by atoms with Crippen molar-refractivity contribution in [3.05, 3.63) is 35.4 Å². The summed E-state index contributed by atoms with van der Waals surface area (Å²) in [7, 11) is 1.85. The monoisotopic (exact) mass is 273 g/mol. The molecule has 1 aromatic rings. The summed E-state index contributed by atoms with van der Waals surface area (Å²) in [5.74, 6) is 0.878. The lowest BCUT2D eigenvalue weighted by atomic mass is 10.0. The number of nitrogens with one attached hydrogen (secondary N) is 1. The Labute approximate surface area is 110 Å². The van der Waals surface area contributed by atoms with Crippen molar-refractivity contribution in [1.82, 2.24) is 5.32 Å². The molecule has 100 valence electrons. The summed E-state index contributed by atoms with van der Waals surface area (Å²) in [5.41, 5.74) is 0.658. The molecule has 0 aliphatic carbocycles. The van der Waals surface area contributed by atoms with Crippen LogP contribution in [-0.4, -0.2) is 37.3 Å². The fourth-order valence-corrected chi connectivity index (χ4v) is 3.08. The van der Waals surface area contributed by atoms with Gasteiger partial charge in [-0.15, -0.1) is 0 Å². The van der Waals surface area contributed by atoms with Gasteiger partial charge in [0.15, 0.2) is 0 Å². The molecule has 5 heteroatoms. The van der Waals surface area contributed by atoms with Crippen LogP contribution in [0.15, 0.2) is 18.2 Å². The molecule has 2 unspecified atom stereocenters. The molecule has 18 heavy (non-hydrogen) atoms. The van der Waals surface area contributed by atoms with Crippen LogP contribution in [0.3, 0.4) is 0 Å². The first-order chi connectivity index (χ1) is 8.69. The summed E-state index contributed by atoms with van der Waals surface area (Å²) < 4.78 is 32.0. The molecule has 1 aliphatic heterocycles. The number of ether oxygens (including phenoxy) is 1. The van der Waals surface area contributed by atoms with E-state index >= 15 is 0 Å². The van der Waals surface area contributed by atoms with E-state index < -0.39 is 11.6 Å². The van der Waals surface area contributed by atoms with Crippen LogP contribution in [0.5, 0.6) is 0 Å². The van der Waals surface area contributed by atoms with Crippen molar-refractivity contribution in [2.75, 3.05) is 25.2 Å². The van der Waals surface area contributed by atoms with Crippen molar-refractivity contribution in [2.24, 2.45) is 0 Å². The fraction of sp³-hybridized carbons (Fsp3) is 0.538. The second-order valence-corrected chi connectivity index (χ2v) is 5.51. The lowest BCUT2D eigenvalue weighted by molar-refractivity contribution is 0.0492. The predicted octanol–water partition coefficient (Wildman–Crippen LogP) is 2.23. The lowest BCUT2D eigenvalue weighted by Gasteiger charge is -2.30. The molecule has 1 saturated heterocycles. The standard InChI is InChI=1S/C13H17F2NOS/c1-16-12(13-8-18-3-2-17-13)6-9-4-10(14)7-11(15)5-9/h4-5,7,12-13,16H,2-3,6,8H2,1H3. The highest BCUT2D eigenvalue weighted by Crippen LogP contribution is 2.19. The molecule has 1 heterocycles. The Bertz CT molecular complexity index is 376. The van der Waals surface area contributed by atoms with Gasteiger partial charge in [0, 0.05) is 23.6 Å². The quantitative estimate of drug-likeness (QED) is 0.909. The van der Waals surface area contributed by atoms with Gasteiger partial charge in [-0.2, -0.15) is 11.8 Å². The zero-order chi connectivity index (χ0) is 13.0. The Morgan fingerprint density at radius 1 is 1.39 bits per heavy atom. The largest absolute Gasteiger partial charge is 0.375 e. The van der Waals surface area contributed by atoms with Crippen LogP contribution < -0.4 is 5.32 Å². The van der Waals surface area contributed by atoms with Gasteiger partial charge in [0.2, 0.25) is 0 Å². The topological polar surface area (TPSA) is 21.3 Å². The highest BCUT2D eigenvalue weighted by atomic mass is 32.2. The number of hydrogen-bond acceptors (Lipinski definition) is 3. The summed E-state index contributed by atoms with van der Waals surface area (Å²) in [6, 6.07) is 3.73. The molecule has 0 spiro atoms. The second-order valence-electron chi connectivity index (χ2n) is 4.36. The van der Waals surface area contributed by atoms with Gasteiger partial charge in [0.1, 0.15) is 11.6 Å². The smallest absolute Gasteiger partial charge is 0.126 e. The molecule has 0 amide bonds. The summed E-state index contributed by atoms with van der Waals surface area (Å²) >= 11 is 1.85. The van der Waals surface area contributed by atoms with Crippen LogP contribution in [0.1, 0.15) is 5.56 Å². The van der Waals surface area contributed by atoms with Gasteiger partial charge in [-0.1, -0.05) is 0 Å². The fourth-order valence-electron chi connectivity index (χ4n) is 2.14. The summed E-state index contributed by atoms with van der Waals surface area (Å²) in [5, 5.41) is 3.18. The highest BCUT2D eigenvalue weighted by molar-refractivity contribution is 7.99. The average molecular weight is 273 g/mol. The van der Waals surface area contributed by atoms with Crippen LogP contribution >= 0.6 is 11.8 Å². The molecule has 1 aliphatic rings. The third-order valence-corrected chi connectivity index (χ3v) is 4.06. The maximum absolute atomic E-state index is 13.1. The maximum Gasteiger partial charge on any atom is 0.126 e. The van der Waals surface area contributed by atoms with Gasteiger partial charge >= 0.3 is 0 Å². The predicted molar refractivity (Wildman–Crippen MR) is 70.0 cm³/mol. The third-order valence-electron chi connectivity index (χ3n) is 3.04. The third kappa shape index (κ3) is 3.67. The number of hydrogen-bond donors (Lipinski definition) is 1. The van der Waals surface area contributed by atoms with Crippen molar-refractivity contribution in [3.63, 3.8) is 0 Å². The van der Waals surface area contributed by atoms with Crippen LogP contribution in [0.4, 0.5) is 8.78 Å². The molecule has 0 bridgehead atoms. The van der Waals surface area contributed by atoms with Gasteiger partial charge < -0.3 is 10.1 Å². The van der Waals surface area contributed by atoms with E-state index in [0.29, 0.717) is 12.0 Å². The van der Waals surface area contributed by atoms with E-state index in [1.807, 2.05) is 18.8 Å². The minimum atomic E-state index is -0.529. The van der Waals surface area contributed by atoms with Crippen molar-refractivity contribution in [1.29, 1.82) is 0 Å². The maximum atomic E-state index is 13.1. The Morgan fingerprint density at radius 3 is 2.67 bits per heavy atom. The molecule has 2 rings (SSSR count). The number of benzene rings is 1. The van der Waals surface area contributed by atoms with Gasteiger partial charge in [0.25, 0.3) is 0 Å². The van der Waals surface area contributed by atoms with Crippen LogP contribution in [0.2, 0.25) is 0 Å². The van der Waals surface area contributed by atoms with Crippen molar-refractivity contribution < 1.29 is 13.5 Å². The van der Waals surface area contributed by atoms with E-state index in [4.69, 9.17) is 4.74 Å². The minimum Gasteiger partial charge on any atom is -0.375 e. The average Bonchev–Trinajstić information content (AvgIpc) is 2.36. The zero-order valence-electron chi connectivity index (χ0n) is 10.3. The van der Waals surface area contributed by atoms with Crippen LogP contribution in [0.25, 0.3) is 0 Å². The zero-order valence-corrected chi connectivity index (χ0v) is 11.1. The van der Waals surface area contributed by atoms with Gasteiger partial charge in [-0.05, 0) is 31.2 Å². The Kier molecular flexibility index (Phi) is 4.97. The van der Waals surface area contributed by atoms with E-state index in [-0.39, 0.29) is 12.1 Å². The molecule has 1 aromatic carbocycles. The van der Waals surface area contributed by atoms with E-state index in [1.165, 1.54) is 12.1 Å². The SMILES string of the molecule is CNC(Cc1cc(F)cc(F)c1)C1CSCCO1. The summed E-state index contributed by atoms with van der Waals surface area (Å²) in [4.78, 5) is 0. The first-order valence-electron chi connectivity index (χ1n) is 6.00. The van der Waals surface area contributed by atoms with Gasteiger partial charge in [0.05, 0.1) is 12.7 Å². The number of rotatable bonds is 4. The van der Waals surface area contributed by atoms with Crippen molar-refractivity contribution in [3.8, 4) is 0 Å². The Hall–Kier alpha value is -0.650. The van der Waals surface area contributed by atoms with Gasteiger partial charge in [-0.3, -0.25) is 0 Å². The number of thioether (sulfide) groups is 1. The molecule has 2 nitrogen and oxygen atoms in total. The lowest BCUT2D eigenvalue weighted by Crippen LogP contribution is -2.44. The van der Waals surface area contributed by atoms with Crippen molar-refractivity contribution in [2.45, 2.75) is 18.6 Å². The van der Waals surface area contributed by atoms with E-state index in [9.17, 15) is 8.78 Å². The molecular weight excluding hydrogens is 256 g/mol. The molecule has 0 saturated carbocycles. The normalized spacial score (nSPS) is 21.8. The van der Waals surface area contributed by atoms with E-state index in [1.54, 1.807) is 0 Å². The molecule has 1 fully saturated rings. The number of halogens is 2. The first-order valence-corrected chi connectivity index (χ1v) is 7.16. The summed E-state index contributed by atoms with van der Waals surface area (Å²) in [6.45, 7) is 0.741. The Balaban J connectivity index is 2.04. The molecular formula is C13H17F2NOS. The first kappa shape index (κ1) is 13.8. The second kappa shape index (κ2) is 6.50. The highest BCUT2D eigenvalue weighted by Gasteiger charge is 2.24. The van der Waals surface area contributed by atoms with Crippen LogP contribution in [0, 0.1) is 11.6 Å². The molecule has 2 atom stereocenters. The van der Waals surface area contributed by atoms with E-state index in [0.717, 1.165) is 24.2 Å². The van der Waals surface area contributed by atoms with Crippen LogP contribution in [-0.2, 0) is 11.2 Å². The minimum absolute atomic E-state index is 0.0824. The molecule has 0 aromatic heterocycles. The van der Waals surface area contributed by atoms with Crippen molar-refractivity contribution >= 4 is 11.8 Å². The Morgan fingerprint density at radius 2 is 2.11 bits per heavy atom. The number of likely N-dealkylation sites (N-methyl/N-ethyl adjacent to an activating group) is 1. The van der Waals surface area contributed by atoms with E-state index in [2.05, 4.69) is 5.32 Å². The molecule has 1 N–H and O–H groups in total. The molecule has 0 radical (unpaired) electrons. The summed E-state index contributed by atoms with van der Waals surface area (Å²) in [6.07, 6.45) is 0.663. The van der Waals surface area contributed by atoms with Gasteiger partial charge in [-0.25, -0.2) is 8.78 Å².